The molecule has 0 fully saturated rings. The van der Waals surface area contributed by atoms with Crippen molar-refractivity contribution in [2.45, 2.75) is 12.6 Å². The van der Waals surface area contributed by atoms with Gasteiger partial charge in [0, 0.05) is 33.1 Å². The van der Waals surface area contributed by atoms with Gasteiger partial charge in [0.1, 0.15) is 0 Å². The highest BCUT2D eigenvalue weighted by molar-refractivity contribution is 9.11. The Morgan fingerprint density at radius 2 is 2.24 bits per heavy atom. The predicted molar refractivity (Wildman–Crippen MR) is 73.2 cm³/mol. The van der Waals surface area contributed by atoms with Gasteiger partial charge in [-0.15, -0.1) is 0 Å². The van der Waals surface area contributed by atoms with Crippen molar-refractivity contribution in [1.29, 1.82) is 0 Å². The quantitative estimate of drug-likeness (QED) is 0.869. The van der Waals surface area contributed by atoms with Crippen LogP contribution in [-0.2, 0) is 16.4 Å². The van der Waals surface area contributed by atoms with Gasteiger partial charge in [-0.2, -0.15) is 0 Å². The minimum absolute atomic E-state index is 0.126. The number of pyridine rings is 1. The molecule has 1 N–H and O–H groups in total. The lowest BCUT2D eigenvalue weighted by Crippen LogP contribution is -2.29. The maximum Gasteiger partial charge on any atom is 0.173 e. The van der Waals surface area contributed by atoms with Crippen molar-refractivity contribution < 1.29 is 8.42 Å². The van der Waals surface area contributed by atoms with Gasteiger partial charge in [-0.25, -0.2) is 8.42 Å². The molecular weight excluding hydrogens is 372 g/mol. The molecule has 0 saturated heterocycles. The number of halogens is 2. The van der Waals surface area contributed by atoms with E-state index in [1.165, 1.54) is 5.41 Å². The minimum Gasteiger partial charge on any atom is -0.304 e. The van der Waals surface area contributed by atoms with Gasteiger partial charge >= 0.3 is 0 Å². The molecule has 1 aliphatic heterocycles. The second-order valence-electron chi connectivity index (χ2n) is 3.73. The van der Waals surface area contributed by atoms with Crippen LogP contribution in [0.5, 0.6) is 0 Å². The van der Waals surface area contributed by atoms with Crippen LogP contribution in [0.1, 0.15) is 5.69 Å². The molecule has 0 aromatic carbocycles. The third kappa shape index (κ3) is 3.61. The Morgan fingerprint density at radius 3 is 2.82 bits per heavy atom. The molecule has 1 aromatic rings. The lowest BCUT2D eigenvalue weighted by molar-refractivity contribution is 0.588. The Bertz CT molecular complexity index is 557. The first-order valence-electron chi connectivity index (χ1n) is 4.90. The summed E-state index contributed by atoms with van der Waals surface area (Å²) in [6.07, 6.45) is 3.38. The van der Waals surface area contributed by atoms with Gasteiger partial charge in [-0.1, -0.05) is 6.08 Å². The Hall–Kier alpha value is -0.240. The molecule has 1 aromatic heterocycles. The number of aromatic nitrogens is 1. The van der Waals surface area contributed by atoms with Gasteiger partial charge in [-0.3, -0.25) is 4.98 Å². The highest BCUT2D eigenvalue weighted by Crippen LogP contribution is 2.19. The number of hydrogen-bond acceptors (Lipinski definition) is 4. The van der Waals surface area contributed by atoms with Gasteiger partial charge < -0.3 is 5.32 Å². The molecule has 2 rings (SSSR count). The van der Waals surface area contributed by atoms with E-state index in [1.807, 2.05) is 6.07 Å². The average molecular weight is 382 g/mol. The molecule has 17 heavy (non-hydrogen) atoms. The summed E-state index contributed by atoms with van der Waals surface area (Å²) in [5.41, 5.74) is 0.853. The molecule has 0 aliphatic carbocycles. The molecule has 0 bridgehead atoms. The van der Waals surface area contributed by atoms with E-state index >= 15 is 0 Å². The normalized spacial score (nSPS) is 21.9. The standard InChI is InChI=1S/C10H10Br2N2O2S/c11-7-3-9(12)10(14-4-7)5-13-8-1-2-17(15,16)6-8/h1-4,8,13H,5-6H2. The van der Waals surface area contributed by atoms with E-state index in [9.17, 15) is 8.42 Å². The number of sulfone groups is 1. The first kappa shape index (κ1) is 13.2. The first-order chi connectivity index (χ1) is 7.96. The maximum absolute atomic E-state index is 11.2. The number of hydrogen-bond donors (Lipinski definition) is 1. The number of rotatable bonds is 3. The summed E-state index contributed by atoms with van der Waals surface area (Å²) in [6, 6.07) is 1.78. The summed E-state index contributed by atoms with van der Waals surface area (Å²) < 4.78 is 24.2. The van der Waals surface area contributed by atoms with Crippen LogP contribution in [-0.4, -0.2) is 25.2 Å². The predicted octanol–water partition coefficient (Wildman–Crippen LogP) is 2.01. The fraction of sp³-hybridized carbons (Fsp3) is 0.300. The molecule has 1 unspecified atom stereocenters. The molecule has 0 saturated carbocycles. The molecule has 92 valence electrons. The van der Waals surface area contributed by atoms with Crippen molar-refractivity contribution in [3.63, 3.8) is 0 Å². The van der Waals surface area contributed by atoms with Gasteiger partial charge in [0.2, 0.25) is 0 Å². The van der Waals surface area contributed by atoms with E-state index in [2.05, 4.69) is 42.2 Å². The highest BCUT2D eigenvalue weighted by atomic mass is 79.9. The van der Waals surface area contributed by atoms with E-state index in [4.69, 9.17) is 0 Å². The van der Waals surface area contributed by atoms with Crippen molar-refractivity contribution in [3.05, 3.63) is 38.4 Å². The first-order valence-corrected chi connectivity index (χ1v) is 8.21. The molecule has 1 atom stereocenters. The van der Waals surface area contributed by atoms with Crippen LogP contribution >= 0.6 is 31.9 Å². The van der Waals surface area contributed by atoms with Crippen LogP contribution in [0.2, 0.25) is 0 Å². The zero-order valence-corrected chi connectivity index (χ0v) is 12.7. The Morgan fingerprint density at radius 1 is 1.47 bits per heavy atom. The molecule has 0 spiro atoms. The van der Waals surface area contributed by atoms with E-state index in [-0.39, 0.29) is 11.8 Å². The minimum atomic E-state index is -3.00. The largest absolute Gasteiger partial charge is 0.304 e. The SMILES string of the molecule is O=S1(=O)C=CC(NCc2ncc(Br)cc2Br)C1. The zero-order chi connectivity index (χ0) is 12.5. The molecule has 0 amide bonds. The summed E-state index contributed by atoms with van der Waals surface area (Å²) in [6.45, 7) is 0.526. The molecule has 2 heterocycles. The number of nitrogens with zero attached hydrogens (tertiary/aromatic N) is 1. The van der Waals surface area contributed by atoms with Crippen LogP contribution in [0, 0.1) is 0 Å². The summed E-state index contributed by atoms with van der Waals surface area (Å²) >= 11 is 6.74. The van der Waals surface area contributed by atoms with Gasteiger partial charge in [0.05, 0.1) is 11.4 Å². The van der Waals surface area contributed by atoms with Gasteiger partial charge in [-0.05, 0) is 37.9 Å². The fourth-order valence-corrected chi connectivity index (χ4v) is 3.90. The Labute approximate surface area is 117 Å². The van der Waals surface area contributed by atoms with Gasteiger partial charge in [0.25, 0.3) is 0 Å². The zero-order valence-electron chi connectivity index (χ0n) is 8.73. The van der Waals surface area contributed by atoms with Crippen molar-refractivity contribution in [3.8, 4) is 0 Å². The van der Waals surface area contributed by atoms with Crippen LogP contribution in [0.3, 0.4) is 0 Å². The summed E-state index contributed by atoms with van der Waals surface area (Å²) in [4.78, 5) is 4.25. The lowest BCUT2D eigenvalue weighted by atomic mass is 10.3. The van der Waals surface area contributed by atoms with Crippen LogP contribution in [0.4, 0.5) is 0 Å². The maximum atomic E-state index is 11.2. The van der Waals surface area contributed by atoms with Crippen molar-refractivity contribution in [1.82, 2.24) is 10.3 Å². The summed E-state index contributed by atoms with van der Waals surface area (Å²) in [7, 11) is -3.00. The van der Waals surface area contributed by atoms with Crippen molar-refractivity contribution in [2.75, 3.05) is 5.75 Å². The fourth-order valence-electron chi connectivity index (χ4n) is 1.50. The monoisotopic (exact) mass is 380 g/mol. The van der Waals surface area contributed by atoms with E-state index < -0.39 is 9.84 Å². The molecule has 1 aliphatic rings. The van der Waals surface area contributed by atoms with Crippen LogP contribution < -0.4 is 5.32 Å². The van der Waals surface area contributed by atoms with Crippen LogP contribution in [0.25, 0.3) is 0 Å². The van der Waals surface area contributed by atoms with E-state index in [0.29, 0.717) is 6.54 Å². The highest BCUT2D eigenvalue weighted by Gasteiger charge is 2.21. The van der Waals surface area contributed by atoms with E-state index in [1.54, 1.807) is 12.3 Å². The molecule has 0 radical (unpaired) electrons. The van der Waals surface area contributed by atoms with Gasteiger partial charge in [0.15, 0.2) is 9.84 Å². The topological polar surface area (TPSA) is 59.1 Å². The van der Waals surface area contributed by atoms with Crippen molar-refractivity contribution >= 4 is 41.7 Å². The third-order valence-corrected chi connectivity index (χ3v) is 4.86. The summed E-state index contributed by atoms with van der Waals surface area (Å²) in [5.74, 6) is 0.126. The second-order valence-corrected chi connectivity index (χ2v) is 7.43. The molecule has 4 nitrogen and oxygen atoms in total. The molecule has 7 heteroatoms. The van der Waals surface area contributed by atoms with Crippen molar-refractivity contribution in [2.24, 2.45) is 0 Å². The molecular formula is C10H10Br2N2O2S. The van der Waals surface area contributed by atoms with E-state index in [0.717, 1.165) is 14.6 Å². The second kappa shape index (κ2) is 5.17. The lowest BCUT2D eigenvalue weighted by Gasteiger charge is -2.10. The Balaban J connectivity index is 1.97. The third-order valence-electron chi connectivity index (χ3n) is 2.35. The van der Waals surface area contributed by atoms with Crippen LogP contribution in [0.15, 0.2) is 32.7 Å². The Kier molecular flexibility index (Phi) is 4.02. The summed E-state index contributed by atoms with van der Waals surface area (Å²) in [5, 5.41) is 4.40. The average Bonchev–Trinajstić information content (AvgIpc) is 2.57. The smallest absolute Gasteiger partial charge is 0.173 e. The number of nitrogens with one attached hydrogen (secondary N) is 1.